The van der Waals surface area contributed by atoms with Crippen molar-refractivity contribution in [3.05, 3.63) is 29.8 Å². The summed E-state index contributed by atoms with van der Waals surface area (Å²) in [5.74, 6) is -1.58. The number of hydrogen-bond acceptors (Lipinski definition) is 3. The molecule has 0 aromatic heterocycles. The number of aliphatic carboxylic acids is 1. The molecule has 0 saturated carbocycles. The van der Waals surface area contributed by atoms with Crippen LogP contribution in [0.1, 0.15) is 18.9 Å². The summed E-state index contributed by atoms with van der Waals surface area (Å²) in [5, 5.41) is 9.32. The number of carbonyl (C=O) groups excluding carboxylic acids is 1. The van der Waals surface area contributed by atoms with Crippen LogP contribution in [0.15, 0.2) is 24.3 Å². The molecule has 1 aromatic rings. The molecule has 1 N–H and O–H groups in total. The van der Waals surface area contributed by atoms with E-state index in [1.807, 2.05) is 31.2 Å². The van der Waals surface area contributed by atoms with Crippen molar-refractivity contribution < 1.29 is 19.4 Å². The Morgan fingerprint density at radius 3 is 2.76 bits per heavy atom. The first-order valence-electron chi connectivity index (χ1n) is 7.31. The van der Waals surface area contributed by atoms with Crippen molar-refractivity contribution in [1.82, 2.24) is 0 Å². The van der Waals surface area contributed by atoms with E-state index in [1.165, 1.54) is 0 Å². The van der Waals surface area contributed by atoms with E-state index < -0.39 is 11.9 Å². The van der Waals surface area contributed by atoms with Crippen LogP contribution in [0.4, 0.5) is 5.69 Å². The number of carbonyl (C=O) groups is 2. The Kier molecular flexibility index (Phi) is 3.68. The Bertz CT molecular complexity index is 571. The van der Waals surface area contributed by atoms with Crippen molar-refractivity contribution in [3.8, 4) is 0 Å². The summed E-state index contributed by atoms with van der Waals surface area (Å²) in [4.78, 5) is 25.8. The van der Waals surface area contributed by atoms with E-state index in [0.29, 0.717) is 19.4 Å². The third kappa shape index (κ3) is 2.53. The zero-order chi connectivity index (χ0) is 15.0. The van der Waals surface area contributed by atoms with Crippen LogP contribution in [0.3, 0.4) is 0 Å². The number of nitrogens with zero attached hydrogens (tertiary/aromatic N) is 1. The van der Waals surface area contributed by atoms with Crippen LogP contribution in [0.2, 0.25) is 0 Å². The van der Waals surface area contributed by atoms with Crippen LogP contribution < -0.4 is 4.90 Å². The van der Waals surface area contributed by atoms with Crippen LogP contribution in [0.25, 0.3) is 0 Å². The number of anilines is 1. The van der Waals surface area contributed by atoms with Gasteiger partial charge in [-0.1, -0.05) is 18.2 Å². The fourth-order valence-corrected chi connectivity index (χ4v) is 3.23. The highest BCUT2D eigenvalue weighted by molar-refractivity contribution is 5.97. The fraction of sp³-hybridized carbons (Fsp3) is 0.500. The third-order valence-corrected chi connectivity index (χ3v) is 4.46. The second-order valence-electron chi connectivity index (χ2n) is 5.79. The number of benzene rings is 1. The van der Waals surface area contributed by atoms with Crippen molar-refractivity contribution in [1.29, 1.82) is 0 Å². The van der Waals surface area contributed by atoms with Crippen LogP contribution in [0, 0.1) is 11.8 Å². The van der Waals surface area contributed by atoms with Crippen LogP contribution >= 0.6 is 0 Å². The molecular weight excluding hydrogens is 270 g/mol. The number of fused-ring (bicyclic) bond motifs is 1. The van der Waals surface area contributed by atoms with Gasteiger partial charge in [0.1, 0.15) is 0 Å². The molecule has 3 atom stereocenters. The molecule has 21 heavy (non-hydrogen) atoms. The molecule has 3 unspecified atom stereocenters. The maximum Gasteiger partial charge on any atom is 0.308 e. The number of hydrogen-bond donors (Lipinski definition) is 1. The predicted molar refractivity (Wildman–Crippen MR) is 77.1 cm³/mol. The number of para-hydroxylation sites is 1. The van der Waals surface area contributed by atoms with Crippen LogP contribution in [0.5, 0.6) is 0 Å². The second kappa shape index (κ2) is 5.48. The molecule has 0 aliphatic carbocycles. The van der Waals surface area contributed by atoms with Crippen molar-refractivity contribution >= 4 is 17.6 Å². The molecule has 3 rings (SSSR count). The predicted octanol–water partition coefficient (Wildman–Crippen LogP) is 1.70. The topological polar surface area (TPSA) is 66.8 Å². The molecule has 0 spiro atoms. The van der Waals surface area contributed by atoms with Gasteiger partial charge in [0.15, 0.2) is 0 Å². The molecule has 5 heteroatoms. The van der Waals surface area contributed by atoms with Crippen molar-refractivity contribution in [2.45, 2.75) is 25.9 Å². The Morgan fingerprint density at radius 1 is 1.33 bits per heavy atom. The lowest BCUT2D eigenvalue weighted by molar-refractivity contribution is -0.141. The first kappa shape index (κ1) is 14.1. The van der Waals surface area contributed by atoms with Gasteiger partial charge in [-0.3, -0.25) is 9.59 Å². The Hall–Kier alpha value is -1.88. The number of carboxylic acids is 1. The van der Waals surface area contributed by atoms with E-state index in [0.717, 1.165) is 11.3 Å². The third-order valence-electron chi connectivity index (χ3n) is 4.46. The Morgan fingerprint density at radius 2 is 2.10 bits per heavy atom. The standard InChI is InChI=1S/C16H19NO4/c1-10-13(6-7-21-10)15(18)17-9-12(16(19)20)8-11-4-2-3-5-14(11)17/h2-5,10,12-13H,6-9H2,1H3,(H,19,20). The molecule has 2 aliphatic rings. The summed E-state index contributed by atoms with van der Waals surface area (Å²) in [7, 11) is 0. The summed E-state index contributed by atoms with van der Waals surface area (Å²) in [6.45, 7) is 2.74. The van der Waals surface area contributed by atoms with Gasteiger partial charge in [-0.25, -0.2) is 0 Å². The largest absolute Gasteiger partial charge is 0.481 e. The molecule has 5 nitrogen and oxygen atoms in total. The summed E-state index contributed by atoms with van der Waals surface area (Å²) in [5.41, 5.74) is 1.77. The molecule has 112 valence electrons. The van der Waals surface area contributed by atoms with E-state index in [-0.39, 0.29) is 24.5 Å². The van der Waals surface area contributed by atoms with Gasteiger partial charge in [0.05, 0.1) is 17.9 Å². The van der Waals surface area contributed by atoms with Crippen LogP contribution in [-0.2, 0) is 20.7 Å². The normalized spacial score (nSPS) is 28.2. The first-order valence-corrected chi connectivity index (χ1v) is 7.31. The smallest absolute Gasteiger partial charge is 0.308 e. The van der Waals surface area contributed by atoms with Crippen LogP contribution in [-0.4, -0.2) is 36.2 Å². The quantitative estimate of drug-likeness (QED) is 0.900. The average molecular weight is 289 g/mol. The maximum atomic E-state index is 12.8. The van der Waals surface area contributed by atoms with E-state index in [9.17, 15) is 14.7 Å². The van der Waals surface area contributed by atoms with Gasteiger partial charge >= 0.3 is 5.97 Å². The zero-order valence-electron chi connectivity index (χ0n) is 12.0. The highest BCUT2D eigenvalue weighted by Gasteiger charge is 2.38. The van der Waals surface area contributed by atoms with Gasteiger partial charge in [0.2, 0.25) is 5.91 Å². The molecule has 1 aromatic carbocycles. The molecule has 2 heterocycles. The lowest BCUT2D eigenvalue weighted by Gasteiger charge is -2.34. The molecule has 1 amide bonds. The second-order valence-corrected chi connectivity index (χ2v) is 5.79. The number of ether oxygens (including phenoxy) is 1. The number of carboxylic acid groups (broad SMARTS) is 1. The summed E-state index contributed by atoms with van der Waals surface area (Å²) in [6, 6.07) is 7.56. The minimum Gasteiger partial charge on any atom is -0.481 e. The molecule has 1 fully saturated rings. The van der Waals surface area contributed by atoms with Gasteiger partial charge in [-0.2, -0.15) is 0 Å². The monoisotopic (exact) mass is 289 g/mol. The highest BCUT2D eigenvalue weighted by Crippen LogP contribution is 2.33. The molecule has 0 radical (unpaired) electrons. The van der Waals surface area contributed by atoms with E-state index in [1.54, 1.807) is 4.90 Å². The lowest BCUT2D eigenvalue weighted by Crippen LogP contribution is -2.46. The molecule has 2 aliphatic heterocycles. The molecule has 0 bridgehead atoms. The minimum atomic E-state index is -0.849. The highest BCUT2D eigenvalue weighted by atomic mass is 16.5. The van der Waals surface area contributed by atoms with E-state index in [2.05, 4.69) is 0 Å². The number of amides is 1. The number of rotatable bonds is 2. The summed E-state index contributed by atoms with van der Waals surface area (Å²) in [6.07, 6.45) is 1.08. The van der Waals surface area contributed by atoms with Crippen molar-refractivity contribution in [2.75, 3.05) is 18.1 Å². The van der Waals surface area contributed by atoms with Gasteiger partial charge < -0.3 is 14.7 Å². The SMILES string of the molecule is CC1OCCC1C(=O)N1CC(C(=O)O)Cc2ccccc21. The summed E-state index contributed by atoms with van der Waals surface area (Å²) >= 11 is 0. The van der Waals surface area contributed by atoms with Gasteiger partial charge in [-0.05, 0) is 31.4 Å². The van der Waals surface area contributed by atoms with E-state index >= 15 is 0 Å². The van der Waals surface area contributed by atoms with Gasteiger partial charge in [-0.15, -0.1) is 0 Å². The zero-order valence-corrected chi connectivity index (χ0v) is 12.0. The molecular formula is C16H19NO4. The minimum absolute atomic E-state index is 0.0154. The van der Waals surface area contributed by atoms with E-state index in [4.69, 9.17) is 4.74 Å². The Labute approximate surface area is 123 Å². The summed E-state index contributed by atoms with van der Waals surface area (Å²) < 4.78 is 5.48. The van der Waals surface area contributed by atoms with Crippen molar-refractivity contribution in [3.63, 3.8) is 0 Å². The van der Waals surface area contributed by atoms with Crippen molar-refractivity contribution in [2.24, 2.45) is 11.8 Å². The fourth-order valence-electron chi connectivity index (χ4n) is 3.23. The average Bonchev–Trinajstić information content (AvgIpc) is 2.91. The van der Waals surface area contributed by atoms with Gasteiger partial charge in [0, 0.05) is 18.8 Å². The first-order chi connectivity index (χ1) is 10.1. The van der Waals surface area contributed by atoms with Gasteiger partial charge in [0.25, 0.3) is 0 Å². The lowest BCUT2D eigenvalue weighted by atomic mass is 9.90. The molecule has 1 saturated heterocycles. The maximum absolute atomic E-state index is 12.8. The Balaban J connectivity index is 1.92.